The van der Waals surface area contributed by atoms with Crippen LogP contribution >= 0.6 is 0 Å². The fourth-order valence-electron chi connectivity index (χ4n) is 1.60. The number of hydrogen-bond donors (Lipinski definition) is 3. The van der Waals surface area contributed by atoms with E-state index in [0.29, 0.717) is 0 Å². The monoisotopic (exact) mass is 278 g/mol. The molecule has 1 aromatic carbocycles. The van der Waals surface area contributed by atoms with Gasteiger partial charge >= 0.3 is 0 Å². The zero-order valence-corrected chi connectivity index (χ0v) is 10.9. The largest absolute Gasteiger partial charge is 0.392 e. The lowest BCUT2D eigenvalue weighted by atomic mass is 10.1. The third-order valence-electron chi connectivity index (χ3n) is 2.61. The van der Waals surface area contributed by atoms with E-state index in [4.69, 9.17) is 5.11 Å². The first-order valence-electron chi connectivity index (χ1n) is 6.17. The number of anilines is 1. The number of nitrogens with zero attached hydrogens (tertiary/aromatic N) is 2. The molecule has 1 atom stereocenters. The maximum Gasteiger partial charge on any atom is 0.274 e. The molecule has 7 heteroatoms. The third kappa shape index (κ3) is 3.86. The molecule has 1 heterocycles. The summed E-state index contributed by atoms with van der Waals surface area (Å²) in [6.45, 7) is 1.88. The molecular formula is C13H15FN4O2. The van der Waals surface area contributed by atoms with Gasteiger partial charge in [-0.3, -0.25) is 9.78 Å². The van der Waals surface area contributed by atoms with Crippen molar-refractivity contribution in [3.05, 3.63) is 51.7 Å². The van der Waals surface area contributed by atoms with Crippen molar-refractivity contribution in [2.75, 3.05) is 11.9 Å². The van der Waals surface area contributed by atoms with Crippen molar-refractivity contribution in [3.63, 3.8) is 0 Å². The summed E-state index contributed by atoms with van der Waals surface area (Å²) in [5, 5.41) is 19.5. The van der Waals surface area contributed by atoms with Crippen LogP contribution in [0.2, 0.25) is 0 Å². The first kappa shape index (κ1) is 14.1. The van der Waals surface area contributed by atoms with Crippen molar-refractivity contribution >= 4 is 5.95 Å². The molecule has 2 rings (SSSR count). The van der Waals surface area contributed by atoms with Crippen LogP contribution in [-0.4, -0.2) is 32.9 Å². The van der Waals surface area contributed by atoms with E-state index in [1.165, 1.54) is 12.1 Å². The SMILES string of the molecule is CC(O)CNc1nnc(Cc2ccc(F)cc2)c(=O)[nH]1. The van der Waals surface area contributed by atoms with Gasteiger partial charge in [-0.15, -0.1) is 10.2 Å². The highest BCUT2D eigenvalue weighted by Gasteiger charge is 2.06. The second-order valence-corrected chi connectivity index (χ2v) is 4.48. The quantitative estimate of drug-likeness (QED) is 0.748. The molecule has 3 N–H and O–H groups in total. The molecule has 20 heavy (non-hydrogen) atoms. The van der Waals surface area contributed by atoms with Gasteiger partial charge in [-0.05, 0) is 24.6 Å². The van der Waals surface area contributed by atoms with Crippen LogP contribution in [0.4, 0.5) is 10.3 Å². The molecule has 1 unspecified atom stereocenters. The van der Waals surface area contributed by atoms with Gasteiger partial charge in [-0.2, -0.15) is 0 Å². The first-order chi connectivity index (χ1) is 9.54. The van der Waals surface area contributed by atoms with Crippen LogP contribution in [0, 0.1) is 5.82 Å². The molecule has 0 spiro atoms. The molecule has 0 aliphatic carbocycles. The van der Waals surface area contributed by atoms with E-state index >= 15 is 0 Å². The van der Waals surface area contributed by atoms with Crippen LogP contribution in [0.5, 0.6) is 0 Å². The van der Waals surface area contributed by atoms with Crippen LogP contribution in [0.3, 0.4) is 0 Å². The highest BCUT2D eigenvalue weighted by Crippen LogP contribution is 2.06. The fourth-order valence-corrected chi connectivity index (χ4v) is 1.60. The second kappa shape index (κ2) is 6.25. The van der Waals surface area contributed by atoms with Gasteiger partial charge in [0, 0.05) is 13.0 Å². The molecular weight excluding hydrogens is 263 g/mol. The van der Waals surface area contributed by atoms with Crippen molar-refractivity contribution in [2.24, 2.45) is 0 Å². The van der Waals surface area contributed by atoms with Crippen LogP contribution in [0.15, 0.2) is 29.1 Å². The maximum absolute atomic E-state index is 12.8. The predicted molar refractivity (Wildman–Crippen MR) is 72.0 cm³/mol. The molecule has 6 nitrogen and oxygen atoms in total. The molecule has 1 aromatic heterocycles. The van der Waals surface area contributed by atoms with E-state index in [-0.39, 0.29) is 36.0 Å². The third-order valence-corrected chi connectivity index (χ3v) is 2.61. The Labute approximate surface area is 114 Å². The van der Waals surface area contributed by atoms with Gasteiger partial charge in [0.15, 0.2) is 0 Å². The topological polar surface area (TPSA) is 90.9 Å². The van der Waals surface area contributed by atoms with Crippen molar-refractivity contribution in [3.8, 4) is 0 Å². The standard InChI is InChI=1S/C13H15FN4O2/c1-8(19)7-15-13-16-12(20)11(17-18-13)6-9-2-4-10(14)5-3-9/h2-5,8,19H,6-7H2,1H3,(H2,15,16,18,20). The number of hydrogen-bond acceptors (Lipinski definition) is 5. The normalized spacial score (nSPS) is 12.2. The Morgan fingerprint density at radius 2 is 2.05 bits per heavy atom. The minimum atomic E-state index is -0.556. The molecule has 0 aliphatic rings. The lowest BCUT2D eigenvalue weighted by molar-refractivity contribution is 0.208. The van der Waals surface area contributed by atoms with Gasteiger partial charge in [0.25, 0.3) is 5.56 Å². The number of benzene rings is 1. The smallest absolute Gasteiger partial charge is 0.274 e. The summed E-state index contributed by atoms with van der Waals surface area (Å²) in [6.07, 6.45) is -0.279. The van der Waals surface area contributed by atoms with E-state index in [9.17, 15) is 9.18 Å². The highest BCUT2D eigenvalue weighted by molar-refractivity contribution is 5.24. The zero-order valence-electron chi connectivity index (χ0n) is 10.9. The van der Waals surface area contributed by atoms with Crippen molar-refractivity contribution in [1.82, 2.24) is 15.2 Å². The summed E-state index contributed by atoms with van der Waals surface area (Å²) in [6, 6.07) is 5.84. The minimum Gasteiger partial charge on any atom is -0.392 e. The van der Waals surface area contributed by atoms with E-state index in [0.717, 1.165) is 5.56 Å². The Morgan fingerprint density at radius 3 is 2.65 bits per heavy atom. The summed E-state index contributed by atoms with van der Waals surface area (Å²) < 4.78 is 12.8. The van der Waals surface area contributed by atoms with Crippen LogP contribution in [-0.2, 0) is 6.42 Å². The van der Waals surface area contributed by atoms with Gasteiger partial charge in [-0.25, -0.2) is 4.39 Å². The van der Waals surface area contributed by atoms with E-state index in [1.807, 2.05) is 0 Å². The van der Waals surface area contributed by atoms with Gasteiger partial charge in [0.1, 0.15) is 11.5 Å². The summed E-state index contributed by atoms with van der Waals surface area (Å²) in [4.78, 5) is 14.4. The number of aromatic amines is 1. The molecule has 0 bridgehead atoms. The van der Waals surface area contributed by atoms with E-state index in [1.54, 1.807) is 19.1 Å². The Balaban J connectivity index is 2.09. The molecule has 2 aromatic rings. The van der Waals surface area contributed by atoms with Crippen molar-refractivity contribution in [2.45, 2.75) is 19.4 Å². The number of rotatable bonds is 5. The molecule has 0 amide bonds. The number of halogens is 1. The first-order valence-corrected chi connectivity index (χ1v) is 6.17. The van der Waals surface area contributed by atoms with Gasteiger partial charge < -0.3 is 10.4 Å². The van der Waals surface area contributed by atoms with Crippen molar-refractivity contribution < 1.29 is 9.50 Å². The average Bonchev–Trinajstić information content (AvgIpc) is 2.41. The van der Waals surface area contributed by atoms with Crippen LogP contribution in [0.1, 0.15) is 18.2 Å². The van der Waals surface area contributed by atoms with E-state index < -0.39 is 6.10 Å². The van der Waals surface area contributed by atoms with Gasteiger partial charge in [-0.1, -0.05) is 12.1 Å². The highest BCUT2D eigenvalue weighted by atomic mass is 19.1. The number of aliphatic hydroxyl groups excluding tert-OH is 1. The Morgan fingerprint density at radius 1 is 1.35 bits per heavy atom. The van der Waals surface area contributed by atoms with Crippen LogP contribution in [0.25, 0.3) is 0 Å². The summed E-state index contributed by atoms with van der Waals surface area (Å²) >= 11 is 0. The summed E-state index contributed by atoms with van der Waals surface area (Å²) in [5.74, 6) is -0.120. The predicted octanol–water partition coefficient (Wildman–Crippen LogP) is 0.687. The van der Waals surface area contributed by atoms with Crippen LogP contribution < -0.4 is 10.9 Å². The number of aromatic nitrogens is 3. The zero-order chi connectivity index (χ0) is 14.5. The lowest BCUT2D eigenvalue weighted by Crippen LogP contribution is -2.23. The van der Waals surface area contributed by atoms with Gasteiger partial charge in [0.05, 0.1) is 6.10 Å². The lowest BCUT2D eigenvalue weighted by Gasteiger charge is -2.07. The molecule has 0 aliphatic heterocycles. The van der Waals surface area contributed by atoms with Gasteiger partial charge in [0.2, 0.25) is 5.95 Å². The number of aliphatic hydroxyl groups is 1. The Bertz CT molecular complexity index is 625. The summed E-state index contributed by atoms with van der Waals surface area (Å²) in [7, 11) is 0. The molecule has 106 valence electrons. The maximum atomic E-state index is 12.8. The second-order valence-electron chi connectivity index (χ2n) is 4.48. The Kier molecular flexibility index (Phi) is 4.41. The Hall–Kier alpha value is -2.28. The molecule has 0 saturated heterocycles. The number of H-pyrrole nitrogens is 1. The fraction of sp³-hybridized carbons (Fsp3) is 0.308. The van der Waals surface area contributed by atoms with E-state index in [2.05, 4.69) is 20.5 Å². The molecule has 0 saturated carbocycles. The number of nitrogens with one attached hydrogen (secondary N) is 2. The minimum absolute atomic E-state index is 0.207. The average molecular weight is 278 g/mol. The van der Waals surface area contributed by atoms with Crippen molar-refractivity contribution in [1.29, 1.82) is 0 Å². The summed E-state index contributed by atoms with van der Waals surface area (Å²) in [5.41, 5.74) is 0.660. The molecule has 0 fully saturated rings. The molecule has 0 radical (unpaired) electrons.